The van der Waals surface area contributed by atoms with Gasteiger partial charge in [-0.2, -0.15) is 5.26 Å². The van der Waals surface area contributed by atoms with E-state index in [1.54, 1.807) is 0 Å². The van der Waals surface area contributed by atoms with Gasteiger partial charge in [-0.25, -0.2) is 0 Å². The van der Waals surface area contributed by atoms with Crippen LogP contribution >= 0.6 is 0 Å². The summed E-state index contributed by atoms with van der Waals surface area (Å²) in [5, 5.41) is 11.5. The summed E-state index contributed by atoms with van der Waals surface area (Å²) in [6.45, 7) is 0.0684. The average molecular weight is 333 g/mol. The van der Waals surface area contributed by atoms with Gasteiger partial charge in [0.05, 0.1) is 6.07 Å². The van der Waals surface area contributed by atoms with E-state index >= 15 is 0 Å². The minimum Gasteiger partial charge on any atom is -0.399 e. The first-order valence-corrected chi connectivity index (χ1v) is 8.80. The van der Waals surface area contributed by atoms with Crippen LogP contribution in [0, 0.1) is 17.2 Å². The standard InChI is InChI=1S/C21H23N3O/c22-12-13-24-21(25)20-11-4-3-10-19(20)18-9-2-1-8-17(18)15-6-5-7-16(23)14-15/h1-2,5-9,14,19-20H,3-4,10-11,13,23H2,(H,24,25)/t19?,20-/m1/s1. The lowest BCUT2D eigenvalue weighted by atomic mass is 9.73. The lowest BCUT2D eigenvalue weighted by Crippen LogP contribution is -2.36. The van der Waals surface area contributed by atoms with Crippen molar-refractivity contribution < 1.29 is 4.79 Å². The molecule has 2 aromatic carbocycles. The lowest BCUT2D eigenvalue weighted by molar-refractivity contribution is -0.126. The fraction of sp³-hybridized carbons (Fsp3) is 0.333. The number of nitrogens with one attached hydrogen (secondary N) is 1. The van der Waals surface area contributed by atoms with Crippen LogP contribution < -0.4 is 11.1 Å². The van der Waals surface area contributed by atoms with Crippen molar-refractivity contribution in [1.82, 2.24) is 5.32 Å². The fourth-order valence-electron chi connectivity index (χ4n) is 3.86. The van der Waals surface area contributed by atoms with Crippen molar-refractivity contribution in [2.75, 3.05) is 12.3 Å². The summed E-state index contributed by atoms with van der Waals surface area (Å²) >= 11 is 0. The molecule has 0 aromatic heterocycles. The van der Waals surface area contributed by atoms with Crippen LogP contribution in [0.1, 0.15) is 37.2 Å². The molecular formula is C21H23N3O. The van der Waals surface area contributed by atoms with Gasteiger partial charge in [0, 0.05) is 11.6 Å². The zero-order valence-corrected chi connectivity index (χ0v) is 14.2. The Bertz CT molecular complexity index is 794. The Labute approximate surface area is 148 Å². The highest BCUT2D eigenvalue weighted by molar-refractivity contribution is 5.81. The molecule has 4 nitrogen and oxygen atoms in total. The van der Waals surface area contributed by atoms with Crippen LogP contribution in [0.4, 0.5) is 5.69 Å². The highest BCUT2D eigenvalue weighted by Gasteiger charge is 2.33. The SMILES string of the molecule is N#CCNC(=O)[C@@H]1CCCCC1c1ccccc1-c1cccc(N)c1. The predicted molar refractivity (Wildman–Crippen MR) is 99.6 cm³/mol. The average Bonchev–Trinajstić information content (AvgIpc) is 2.66. The van der Waals surface area contributed by atoms with Crippen molar-refractivity contribution in [2.24, 2.45) is 5.92 Å². The minimum atomic E-state index is -0.0793. The molecule has 2 atom stereocenters. The van der Waals surface area contributed by atoms with Crippen molar-refractivity contribution >= 4 is 11.6 Å². The van der Waals surface area contributed by atoms with E-state index in [1.807, 2.05) is 36.4 Å². The van der Waals surface area contributed by atoms with E-state index < -0.39 is 0 Å². The summed E-state index contributed by atoms with van der Waals surface area (Å²) in [5.74, 6) is 0.0861. The second-order valence-electron chi connectivity index (χ2n) is 6.59. The number of hydrogen-bond acceptors (Lipinski definition) is 3. The zero-order valence-electron chi connectivity index (χ0n) is 14.2. The summed E-state index contributed by atoms with van der Waals surface area (Å²) < 4.78 is 0. The Morgan fingerprint density at radius 1 is 1.16 bits per heavy atom. The maximum atomic E-state index is 12.6. The third-order valence-corrected chi connectivity index (χ3v) is 5.00. The minimum absolute atomic E-state index is 0.00590. The van der Waals surface area contributed by atoms with Gasteiger partial charge in [-0.1, -0.05) is 49.2 Å². The molecule has 0 radical (unpaired) electrons. The molecule has 1 fully saturated rings. The highest BCUT2D eigenvalue weighted by Crippen LogP contribution is 2.42. The number of carbonyl (C=O) groups excluding carboxylic acids is 1. The molecule has 0 spiro atoms. The lowest BCUT2D eigenvalue weighted by Gasteiger charge is -2.32. The monoisotopic (exact) mass is 333 g/mol. The second kappa shape index (κ2) is 7.85. The maximum Gasteiger partial charge on any atom is 0.224 e. The van der Waals surface area contributed by atoms with Gasteiger partial charge in [0.15, 0.2) is 0 Å². The summed E-state index contributed by atoms with van der Waals surface area (Å²) in [5.41, 5.74) is 10.1. The molecular weight excluding hydrogens is 310 g/mol. The van der Waals surface area contributed by atoms with Crippen LogP contribution in [0.5, 0.6) is 0 Å². The fourth-order valence-corrected chi connectivity index (χ4v) is 3.86. The molecule has 1 amide bonds. The second-order valence-corrected chi connectivity index (χ2v) is 6.59. The van der Waals surface area contributed by atoms with Crippen LogP contribution in [0.15, 0.2) is 48.5 Å². The van der Waals surface area contributed by atoms with Crippen molar-refractivity contribution in [3.8, 4) is 17.2 Å². The van der Waals surface area contributed by atoms with E-state index in [1.165, 1.54) is 5.56 Å². The Morgan fingerprint density at radius 2 is 1.96 bits per heavy atom. The normalized spacial score (nSPS) is 19.8. The Balaban J connectivity index is 1.97. The molecule has 1 aliphatic carbocycles. The zero-order chi connectivity index (χ0) is 17.6. The number of carbonyl (C=O) groups is 1. The Kier molecular flexibility index (Phi) is 5.35. The molecule has 128 valence electrons. The first-order chi connectivity index (χ1) is 12.2. The molecule has 0 heterocycles. The molecule has 3 N–H and O–H groups in total. The topological polar surface area (TPSA) is 78.9 Å². The number of nitrogens with two attached hydrogens (primary N) is 1. The van der Waals surface area contributed by atoms with E-state index in [0.717, 1.165) is 42.5 Å². The van der Waals surface area contributed by atoms with Crippen LogP contribution in [0.25, 0.3) is 11.1 Å². The number of benzene rings is 2. The maximum absolute atomic E-state index is 12.6. The number of nitrogens with zero attached hydrogens (tertiary/aromatic N) is 1. The molecule has 0 aliphatic heterocycles. The van der Waals surface area contributed by atoms with Crippen molar-refractivity contribution in [3.63, 3.8) is 0 Å². The van der Waals surface area contributed by atoms with E-state index in [4.69, 9.17) is 11.0 Å². The molecule has 0 bridgehead atoms. The summed E-state index contributed by atoms with van der Waals surface area (Å²) in [7, 11) is 0. The van der Waals surface area contributed by atoms with Gasteiger partial charge in [-0.3, -0.25) is 4.79 Å². The predicted octanol–water partition coefficient (Wildman–Crippen LogP) is 3.85. The number of hydrogen-bond donors (Lipinski definition) is 2. The third-order valence-electron chi connectivity index (χ3n) is 5.00. The number of nitriles is 1. The third kappa shape index (κ3) is 3.83. The number of rotatable bonds is 4. The van der Waals surface area contributed by atoms with Crippen LogP contribution in [0.3, 0.4) is 0 Å². The first kappa shape index (κ1) is 17.0. The van der Waals surface area contributed by atoms with Gasteiger partial charge in [-0.05, 0) is 47.6 Å². The van der Waals surface area contributed by atoms with Gasteiger partial charge in [-0.15, -0.1) is 0 Å². The Hall–Kier alpha value is -2.80. The van der Waals surface area contributed by atoms with E-state index in [-0.39, 0.29) is 24.3 Å². The quantitative estimate of drug-likeness (QED) is 0.659. The van der Waals surface area contributed by atoms with Gasteiger partial charge in [0.25, 0.3) is 0 Å². The van der Waals surface area contributed by atoms with Crippen LogP contribution in [-0.2, 0) is 4.79 Å². The Morgan fingerprint density at radius 3 is 2.76 bits per heavy atom. The molecule has 1 aliphatic rings. The molecule has 3 rings (SSSR count). The van der Waals surface area contributed by atoms with Gasteiger partial charge in [0.1, 0.15) is 6.54 Å². The van der Waals surface area contributed by atoms with Crippen LogP contribution in [-0.4, -0.2) is 12.5 Å². The molecule has 4 heteroatoms. The molecule has 25 heavy (non-hydrogen) atoms. The van der Waals surface area contributed by atoms with Crippen molar-refractivity contribution in [2.45, 2.75) is 31.6 Å². The molecule has 1 unspecified atom stereocenters. The first-order valence-electron chi connectivity index (χ1n) is 8.80. The van der Waals surface area contributed by atoms with E-state index in [2.05, 4.69) is 23.5 Å². The molecule has 1 saturated carbocycles. The van der Waals surface area contributed by atoms with Crippen molar-refractivity contribution in [1.29, 1.82) is 5.26 Å². The summed E-state index contributed by atoms with van der Waals surface area (Å²) in [4.78, 5) is 12.6. The largest absolute Gasteiger partial charge is 0.399 e. The number of anilines is 1. The van der Waals surface area contributed by atoms with Crippen LogP contribution in [0.2, 0.25) is 0 Å². The van der Waals surface area contributed by atoms with E-state index in [0.29, 0.717) is 0 Å². The van der Waals surface area contributed by atoms with Gasteiger partial charge in [0.2, 0.25) is 5.91 Å². The number of amides is 1. The van der Waals surface area contributed by atoms with Gasteiger partial charge >= 0.3 is 0 Å². The summed E-state index contributed by atoms with van der Waals surface area (Å²) in [6.07, 6.45) is 4.04. The molecule has 0 saturated heterocycles. The van der Waals surface area contributed by atoms with Gasteiger partial charge < -0.3 is 11.1 Å². The molecule has 2 aromatic rings. The van der Waals surface area contributed by atoms with Crippen molar-refractivity contribution in [3.05, 3.63) is 54.1 Å². The number of nitrogen functional groups attached to an aromatic ring is 1. The van der Waals surface area contributed by atoms with E-state index in [9.17, 15) is 4.79 Å². The highest BCUT2D eigenvalue weighted by atomic mass is 16.1. The summed E-state index contributed by atoms with van der Waals surface area (Å²) in [6, 6.07) is 18.1. The smallest absolute Gasteiger partial charge is 0.224 e.